The first-order valence-corrected chi connectivity index (χ1v) is 11.6. The van der Waals surface area contributed by atoms with Gasteiger partial charge in [-0.1, -0.05) is 59.8 Å². The molecule has 8 heteroatoms. The maximum absolute atomic E-state index is 12.1. The topological polar surface area (TPSA) is 72.7 Å². The second-order valence-electron chi connectivity index (χ2n) is 7.01. The first-order chi connectivity index (χ1) is 15.7. The Morgan fingerprint density at radius 3 is 2.53 bits per heavy atom. The monoisotopic (exact) mass is 463 g/mol. The molecule has 2 aromatic heterocycles. The van der Waals surface area contributed by atoms with Gasteiger partial charge < -0.3 is 5.32 Å². The van der Waals surface area contributed by atoms with E-state index in [2.05, 4.69) is 20.5 Å². The molecule has 2 aromatic carbocycles. The van der Waals surface area contributed by atoms with Crippen molar-refractivity contribution in [3.63, 3.8) is 0 Å². The summed E-state index contributed by atoms with van der Waals surface area (Å²) < 4.78 is 2.01. The fraction of sp³-hybridized carbons (Fsp3) is 0.167. The number of halogens is 1. The van der Waals surface area contributed by atoms with Gasteiger partial charge in [-0.25, -0.2) is 0 Å². The number of benzene rings is 2. The molecule has 0 fully saturated rings. The summed E-state index contributed by atoms with van der Waals surface area (Å²) in [6, 6.07) is 23.2. The van der Waals surface area contributed by atoms with Crippen molar-refractivity contribution in [2.24, 2.45) is 0 Å². The smallest absolute Gasteiger partial charge is 0.220 e. The molecule has 6 nitrogen and oxygen atoms in total. The van der Waals surface area contributed by atoms with Crippen LogP contribution in [0.15, 0.2) is 84.1 Å². The number of hydrogen-bond donors (Lipinski definition) is 1. The van der Waals surface area contributed by atoms with Gasteiger partial charge >= 0.3 is 0 Å². The molecule has 0 spiro atoms. The van der Waals surface area contributed by atoms with E-state index in [1.54, 1.807) is 18.0 Å². The Labute approximate surface area is 196 Å². The molecule has 1 amide bonds. The van der Waals surface area contributed by atoms with Crippen molar-refractivity contribution in [1.82, 2.24) is 25.1 Å². The largest absolute Gasteiger partial charge is 0.350 e. The molecular weight excluding hydrogens is 442 g/mol. The van der Waals surface area contributed by atoms with Gasteiger partial charge in [-0.2, -0.15) is 0 Å². The van der Waals surface area contributed by atoms with Crippen molar-refractivity contribution in [3.05, 3.63) is 89.7 Å². The minimum Gasteiger partial charge on any atom is -0.350 e. The third-order valence-electron chi connectivity index (χ3n) is 4.73. The summed E-state index contributed by atoms with van der Waals surface area (Å²) >= 11 is 8.00. The van der Waals surface area contributed by atoms with Crippen LogP contribution in [0.5, 0.6) is 0 Å². The van der Waals surface area contributed by atoms with Crippen molar-refractivity contribution in [2.75, 3.05) is 5.75 Å². The standard InChI is InChI=1S/C24H22ClN5OS/c25-21-13-5-4-12-20(21)23-28-29-24(30(23)19-10-2-1-3-11-19)32-16-8-14-22(31)27-17-18-9-6-7-15-26-18/h1-7,9-13,15H,8,14,16-17H2,(H,27,31). The summed E-state index contributed by atoms with van der Waals surface area (Å²) in [7, 11) is 0. The number of carbonyl (C=O) groups excluding carboxylic acids is 1. The number of para-hydroxylation sites is 1. The van der Waals surface area contributed by atoms with E-state index in [0.29, 0.717) is 23.8 Å². The number of thioether (sulfide) groups is 1. The van der Waals surface area contributed by atoms with Gasteiger partial charge in [0.2, 0.25) is 5.91 Å². The Bertz CT molecular complexity index is 1170. The number of hydrogen-bond acceptors (Lipinski definition) is 5. The summed E-state index contributed by atoms with van der Waals surface area (Å²) in [6.07, 6.45) is 2.89. The van der Waals surface area contributed by atoms with E-state index in [4.69, 9.17) is 11.6 Å². The summed E-state index contributed by atoms with van der Waals surface area (Å²) in [4.78, 5) is 16.4. The molecule has 4 aromatic rings. The molecule has 0 radical (unpaired) electrons. The Morgan fingerprint density at radius 1 is 0.969 bits per heavy atom. The van der Waals surface area contributed by atoms with Gasteiger partial charge in [-0.05, 0) is 42.8 Å². The first-order valence-electron chi connectivity index (χ1n) is 10.3. The zero-order valence-corrected chi connectivity index (χ0v) is 18.9. The zero-order valence-electron chi connectivity index (χ0n) is 17.3. The van der Waals surface area contributed by atoms with Gasteiger partial charge in [0.1, 0.15) is 0 Å². The van der Waals surface area contributed by atoms with Crippen molar-refractivity contribution < 1.29 is 4.79 Å². The fourth-order valence-corrected chi connectivity index (χ4v) is 4.28. The van der Waals surface area contributed by atoms with Crippen LogP contribution in [0.1, 0.15) is 18.5 Å². The van der Waals surface area contributed by atoms with Crippen molar-refractivity contribution >= 4 is 29.3 Å². The molecular formula is C24H22ClN5OS. The highest BCUT2D eigenvalue weighted by molar-refractivity contribution is 7.99. The maximum Gasteiger partial charge on any atom is 0.220 e. The molecule has 0 unspecified atom stereocenters. The number of carbonyl (C=O) groups is 1. The molecule has 0 aliphatic heterocycles. The molecule has 162 valence electrons. The van der Waals surface area contributed by atoms with Crippen LogP contribution >= 0.6 is 23.4 Å². The predicted molar refractivity (Wildman–Crippen MR) is 128 cm³/mol. The van der Waals surface area contributed by atoms with E-state index in [0.717, 1.165) is 34.3 Å². The van der Waals surface area contributed by atoms with Crippen LogP contribution in [0.25, 0.3) is 17.1 Å². The number of pyridine rings is 1. The summed E-state index contributed by atoms with van der Waals surface area (Å²) in [5.41, 5.74) is 2.63. The summed E-state index contributed by atoms with van der Waals surface area (Å²) in [5.74, 6) is 1.44. The SMILES string of the molecule is O=C(CCCSc1nnc(-c2ccccc2Cl)n1-c1ccccc1)NCc1ccccn1. The van der Waals surface area contributed by atoms with E-state index in [1.165, 1.54) is 0 Å². The average molecular weight is 464 g/mol. The number of nitrogens with one attached hydrogen (secondary N) is 1. The number of amides is 1. The van der Waals surface area contributed by atoms with Crippen LogP contribution < -0.4 is 5.32 Å². The van der Waals surface area contributed by atoms with Gasteiger partial charge in [-0.3, -0.25) is 14.3 Å². The van der Waals surface area contributed by atoms with Gasteiger partial charge in [0.15, 0.2) is 11.0 Å². The lowest BCUT2D eigenvalue weighted by Crippen LogP contribution is -2.22. The normalized spacial score (nSPS) is 10.8. The minimum absolute atomic E-state index is 0.0116. The molecule has 0 aliphatic rings. The van der Waals surface area contributed by atoms with Crippen LogP contribution in [0, 0.1) is 0 Å². The highest BCUT2D eigenvalue weighted by atomic mass is 35.5. The minimum atomic E-state index is 0.0116. The van der Waals surface area contributed by atoms with Crippen LogP contribution in [0.3, 0.4) is 0 Å². The Balaban J connectivity index is 1.40. The average Bonchev–Trinajstić information content (AvgIpc) is 3.25. The molecule has 2 heterocycles. The Hall–Kier alpha value is -3.16. The van der Waals surface area contributed by atoms with Crippen molar-refractivity contribution in [3.8, 4) is 17.1 Å². The maximum atomic E-state index is 12.1. The fourth-order valence-electron chi connectivity index (χ4n) is 3.17. The predicted octanol–water partition coefficient (Wildman–Crippen LogP) is 5.17. The Morgan fingerprint density at radius 2 is 1.75 bits per heavy atom. The van der Waals surface area contributed by atoms with E-state index in [9.17, 15) is 4.79 Å². The third-order valence-corrected chi connectivity index (χ3v) is 6.08. The summed E-state index contributed by atoms with van der Waals surface area (Å²) in [5, 5.41) is 13.1. The van der Waals surface area contributed by atoms with Gasteiger partial charge in [0, 0.05) is 29.6 Å². The lowest BCUT2D eigenvalue weighted by atomic mass is 10.2. The third kappa shape index (κ3) is 5.55. The second kappa shape index (κ2) is 10.9. The van der Waals surface area contributed by atoms with Crippen LogP contribution in [-0.4, -0.2) is 31.4 Å². The van der Waals surface area contributed by atoms with E-state index >= 15 is 0 Å². The van der Waals surface area contributed by atoms with Gasteiger partial charge in [0.25, 0.3) is 0 Å². The molecule has 32 heavy (non-hydrogen) atoms. The van der Waals surface area contributed by atoms with Crippen molar-refractivity contribution in [1.29, 1.82) is 0 Å². The van der Waals surface area contributed by atoms with Crippen LogP contribution in [0.4, 0.5) is 0 Å². The molecule has 0 aliphatic carbocycles. The van der Waals surface area contributed by atoms with Crippen LogP contribution in [-0.2, 0) is 11.3 Å². The first kappa shape index (κ1) is 22.0. The van der Waals surface area contributed by atoms with Gasteiger partial charge in [0.05, 0.1) is 17.3 Å². The Kier molecular flexibility index (Phi) is 7.53. The molecule has 4 rings (SSSR count). The molecule has 0 saturated carbocycles. The number of nitrogens with zero attached hydrogens (tertiary/aromatic N) is 4. The lowest BCUT2D eigenvalue weighted by molar-refractivity contribution is -0.121. The zero-order chi connectivity index (χ0) is 22.2. The molecule has 0 saturated heterocycles. The summed E-state index contributed by atoms with van der Waals surface area (Å²) in [6.45, 7) is 0.441. The van der Waals surface area contributed by atoms with E-state index in [1.807, 2.05) is 77.4 Å². The van der Waals surface area contributed by atoms with Crippen molar-refractivity contribution in [2.45, 2.75) is 24.5 Å². The van der Waals surface area contributed by atoms with E-state index < -0.39 is 0 Å². The number of rotatable bonds is 9. The highest BCUT2D eigenvalue weighted by Gasteiger charge is 2.17. The quantitative estimate of drug-likeness (QED) is 0.274. The number of aromatic nitrogens is 4. The molecule has 0 atom stereocenters. The highest BCUT2D eigenvalue weighted by Crippen LogP contribution is 2.32. The molecule has 0 bridgehead atoms. The molecule has 1 N–H and O–H groups in total. The van der Waals surface area contributed by atoms with E-state index in [-0.39, 0.29) is 5.91 Å². The van der Waals surface area contributed by atoms with Gasteiger partial charge in [-0.15, -0.1) is 10.2 Å². The van der Waals surface area contributed by atoms with Crippen LogP contribution in [0.2, 0.25) is 5.02 Å². The lowest BCUT2D eigenvalue weighted by Gasteiger charge is -2.11. The second-order valence-corrected chi connectivity index (χ2v) is 8.48.